The van der Waals surface area contributed by atoms with Crippen LogP contribution in [0.15, 0.2) is 48.5 Å². The Morgan fingerprint density at radius 2 is 1.00 bits per heavy atom. The van der Waals surface area contributed by atoms with Crippen LogP contribution in [0.2, 0.25) is 0 Å². The van der Waals surface area contributed by atoms with Crippen molar-refractivity contribution in [3.05, 3.63) is 70.8 Å². The van der Waals surface area contributed by atoms with E-state index in [0.29, 0.717) is 62.4 Å². The summed E-state index contributed by atoms with van der Waals surface area (Å²) in [6.07, 6.45) is 0. The third-order valence-corrected chi connectivity index (χ3v) is 4.79. The molecule has 0 saturated heterocycles. The Labute approximate surface area is 186 Å². The number of alkyl halides is 2. The Kier molecular flexibility index (Phi) is 11.3. The molecule has 2 N–H and O–H groups in total. The van der Waals surface area contributed by atoms with E-state index >= 15 is 0 Å². The lowest BCUT2D eigenvalue weighted by Crippen LogP contribution is -2.28. The number of ether oxygens (including phenoxy) is 2. The molecule has 6 nitrogen and oxygen atoms in total. The smallest absolute Gasteiger partial charge is 0.251 e. The minimum atomic E-state index is -0.149. The SMILES string of the molecule is O=C(NCCOCCOCCNC(=O)c1ccc(CCl)cc1)c1ccc(CCl)cc1. The molecule has 162 valence electrons. The van der Waals surface area contributed by atoms with Crippen molar-refractivity contribution in [1.29, 1.82) is 0 Å². The van der Waals surface area contributed by atoms with Crippen LogP contribution in [-0.4, -0.2) is 51.3 Å². The minimum absolute atomic E-state index is 0.149. The maximum Gasteiger partial charge on any atom is 0.251 e. The zero-order valence-corrected chi connectivity index (χ0v) is 18.2. The molecule has 2 amide bonds. The molecule has 30 heavy (non-hydrogen) atoms. The summed E-state index contributed by atoms with van der Waals surface area (Å²) in [5, 5.41) is 5.58. The lowest BCUT2D eigenvalue weighted by atomic mass is 10.1. The van der Waals surface area contributed by atoms with Gasteiger partial charge in [0.25, 0.3) is 11.8 Å². The summed E-state index contributed by atoms with van der Waals surface area (Å²) in [5.41, 5.74) is 3.11. The highest BCUT2D eigenvalue weighted by molar-refractivity contribution is 6.17. The number of carbonyl (C=O) groups is 2. The topological polar surface area (TPSA) is 76.7 Å². The van der Waals surface area contributed by atoms with Gasteiger partial charge in [-0.05, 0) is 35.4 Å². The number of amides is 2. The predicted octanol–water partition coefficient (Wildman–Crippen LogP) is 3.36. The molecule has 2 rings (SSSR count). The van der Waals surface area contributed by atoms with Crippen LogP contribution in [0.25, 0.3) is 0 Å². The molecule has 0 saturated carbocycles. The zero-order chi connectivity index (χ0) is 21.6. The van der Waals surface area contributed by atoms with Crippen LogP contribution in [0.5, 0.6) is 0 Å². The Morgan fingerprint density at radius 1 is 0.633 bits per heavy atom. The summed E-state index contributed by atoms with van der Waals surface area (Å²) in [5.74, 6) is 0.549. The van der Waals surface area contributed by atoms with Crippen molar-refractivity contribution >= 4 is 35.0 Å². The normalized spacial score (nSPS) is 10.6. The van der Waals surface area contributed by atoms with Crippen molar-refractivity contribution < 1.29 is 19.1 Å². The standard InChI is InChI=1S/C22H26Cl2N2O4/c23-15-17-1-5-19(6-2-17)21(27)25-9-11-29-13-14-30-12-10-26-22(28)20-7-3-18(16-24)4-8-20/h1-8H,9-16H2,(H,25,27)(H,26,28). The molecule has 0 spiro atoms. The molecule has 8 heteroatoms. The van der Waals surface area contributed by atoms with E-state index in [4.69, 9.17) is 32.7 Å². The molecular weight excluding hydrogens is 427 g/mol. The third-order valence-electron chi connectivity index (χ3n) is 4.18. The predicted molar refractivity (Wildman–Crippen MR) is 118 cm³/mol. The zero-order valence-electron chi connectivity index (χ0n) is 16.7. The molecule has 0 aliphatic rings. The summed E-state index contributed by atoms with van der Waals surface area (Å²) >= 11 is 11.5. The van der Waals surface area contributed by atoms with Gasteiger partial charge in [0, 0.05) is 36.0 Å². The van der Waals surface area contributed by atoms with Crippen molar-refractivity contribution in [2.75, 3.05) is 39.5 Å². The molecule has 0 atom stereocenters. The van der Waals surface area contributed by atoms with Crippen LogP contribution in [0.1, 0.15) is 31.8 Å². The first-order valence-corrected chi connectivity index (χ1v) is 10.7. The highest BCUT2D eigenvalue weighted by atomic mass is 35.5. The maximum absolute atomic E-state index is 12.0. The fraction of sp³-hybridized carbons (Fsp3) is 0.364. The second kappa shape index (κ2) is 14.0. The Bertz CT molecular complexity index is 715. The number of nitrogens with one attached hydrogen (secondary N) is 2. The van der Waals surface area contributed by atoms with Crippen LogP contribution < -0.4 is 10.6 Å². The first kappa shape index (κ1) is 24.2. The van der Waals surface area contributed by atoms with E-state index in [1.54, 1.807) is 24.3 Å². The fourth-order valence-corrected chi connectivity index (χ4v) is 2.85. The van der Waals surface area contributed by atoms with Crippen molar-refractivity contribution in [2.24, 2.45) is 0 Å². The molecule has 0 aromatic heterocycles. The third kappa shape index (κ3) is 8.71. The average Bonchev–Trinajstić information content (AvgIpc) is 2.80. The van der Waals surface area contributed by atoms with E-state index in [1.165, 1.54) is 0 Å². The Hall–Kier alpha value is -2.12. The van der Waals surface area contributed by atoms with Gasteiger partial charge in [0.05, 0.1) is 26.4 Å². The Morgan fingerprint density at radius 3 is 1.33 bits per heavy atom. The van der Waals surface area contributed by atoms with Crippen LogP contribution in [0, 0.1) is 0 Å². The van der Waals surface area contributed by atoms with Gasteiger partial charge in [0.15, 0.2) is 0 Å². The van der Waals surface area contributed by atoms with Crippen molar-refractivity contribution in [2.45, 2.75) is 11.8 Å². The van der Waals surface area contributed by atoms with Gasteiger partial charge in [-0.1, -0.05) is 24.3 Å². The van der Waals surface area contributed by atoms with Crippen molar-refractivity contribution in [3.8, 4) is 0 Å². The summed E-state index contributed by atoms with van der Waals surface area (Å²) in [6.45, 7) is 2.43. The second-order valence-electron chi connectivity index (χ2n) is 6.40. The number of hydrogen-bond donors (Lipinski definition) is 2. The van der Waals surface area contributed by atoms with Crippen molar-refractivity contribution in [1.82, 2.24) is 10.6 Å². The van der Waals surface area contributed by atoms with Gasteiger partial charge in [-0.2, -0.15) is 0 Å². The summed E-state index contributed by atoms with van der Waals surface area (Å²) in [7, 11) is 0. The van der Waals surface area contributed by atoms with E-state index in [1.807, 2.05) is 24.3 Å². The molecule has 0 bridgehead atoms. The lowest BCUT2D eigenvalue weighted by Gasteiger charge is -2.08. The van der Waals surface area contributed by atoms with Gasteiger partial charge in [-0.3, -0.25) is 9.59 Å². The Balaban J connectivity index is 1.46. The van der Waals surface area contributed by atoms with Gasteiger partial charge in [0.2, 0.25) is 0 Å². The van der Waals surface area contributed by atoms with Gasteiger partial charge >= 0.3 is 0 Å². The van der Waals surface area contributed by atoms with E-state index in [0.717, 1.165) is 11.1 Å². The summed E-state index contributed by atoms with van der Waals surface area (Å²) < 4.78 is 10.8. The highest BCUT2D eigenvalue weighted by Crippen LogP contribution is 2.07. The monoisotopic (exact) mass is 452 g/mol. The maximum atomic E-state index is 12.0. The molecule has 0 heterocycles. The van der Waals surface area contributed by atoms with Gasteiger partial charge < -0.3 is 20.1 Å². The van der Waals surface area contributed by atoms with Crippen LogP contribution in [0.3, 0.4) is 0 Å². The number of halogens is 2. The second-order valence-corrected chi connectivity index (χ2v) is 6.93. The van der Waals surface area contributed by atoms with Gasteiger partial charge in [-0.25, -0.2) is 0 Å². The largest absolute Gasteiger partial charge is 0.377 e. The van der Waals surface area contributed by atoms with E-state index in [-0.39, 0.29) is 11.8 Å². The molecule has 0 fully saturated rings. The fourth-order valence-electron chi connectivity index (χ4n) is 2.49. The number of hydrogen-bond acceptors (Lipinski definition) is 4. The van der Waals surface area contributed by atoms with E-state index in [9.17, 15) is 9.59 Å². The number of rotatable bonds is 13. The summed E-state index contributed by atoms with van der Waals surface area (Å²) in [6, 6.07) is 14.3. The van der Waals surface area contributed by atoms with Crippen molar-refractivity contribution in [3.63, 3.8) is 0 Å². The molecule has 2 aromatic rings. The molecule has 0 aliphatic heterocycles. The van der Waals surface area contributed by atoms with Crippen LogP contribution in [0.4, 0.5) is 0 Å². The molecular formula is C22H26Cl2N2O4. The molecule has 0 radical (unpaired) electrons. The molecule has 2 aromatic carbocycles. The average molecular weight is 453 g/mol. The van der Waals surface area contributed by atoms with Gasteiger partial charge in [0.1, 0.15) is 0 Å². The molecule has 0 unspecified atom stereocenters. The highest BCUT2D eigenvalue weighted by Gasteiger charge is 2.05. The van der Waals surface area contributed by atoms with E-state index in [2.05, 4.69) is 10.6 Å². The van der Waals surface area contributed by atoms with Crippen LogP contribution in [-0.2, 0) is 21.2 Å². The quantitative estimate of drug-likeness (QED) is 0.360. The molecule has 0 aliphatic carbocycles. The summed E-state index contributed by atoms with van der Waals surface area (Å²) in [4.78, 5) is 24.0. The lowest BCUT2D eigenvalue weighted by molar-refractivity contribution is 0.0486. The first-order chi connectivity index (χ1) is 14.6. The van der Waals surface area contributed by atoms with E-state index < -0.39 is 0 Å². The minimum Gasteiger partial charge on any atom is -0.377 e. The van der Waals surface area contributed by atoms with Crippen LogP contribution >= 0.6 is 23.2 Å². The number of benzene rings is 2. The van der Waals surface area contributed by atoms with Gasteiger partial charge in [-0.15, -0.1) is 23.2 Å². The first-order valence-electron chi connectivity index (χ1n) is 9.65. The number of carbonyl (C=O) groups excluding carboxylic acids is 2.